The summed E-state index contributed by atoms with van der Waals surface area (Å²) < 4.78 is 2.66. The van der Waals surface area contributed by atoms with Gasteiger partial charge in [-0.3, -0.25) is 4.79 Å². The van der Waals surface area contributed by atoms with E-state index in [2.05, 4.69) is 3.53 Å². The Hall–Kier alpha value is 0.160. The van der Waals surface area contributed by atoms with Gasteiger partial charge in [-0.25, -0.2) is 3.53 Å². The van der Waals surface area contributed by atoms with Crippen molar-refractivity contribution in [2.24, 2.45) is 5.73 Å². The summed E-state index contributed by atoms with van der Waals surface area (Å²) in [5.41, 5.74) is 4.84. The van der Waals surface area contributed by atoms with Crippen LogP contribution in [0.15, 0.2) is 0 Å². The summed E-state index contributed by atoms with van der Waals surface area (Å²) in [5, 5.41) is 0. The lowest BCUT2D eigenvalue weighted by atomic mass is 10.4. The molecule has 4 heteroatoms. The normalized spacial score (nSPS) is 13.4. The molecule has 0 aliphatic rings. The predicted molar refractivity (Wildman–Crippen MR) is 35.8 cm³/mol. The highest BCUT2D eigenvalue weighted by atomic mass is 127. The number of rotatable bonds is 2. The van der Waals surface area contributed by atoms with Crippen molar-refractivity contribution in [3.8, 4) is 0 Å². The molecule has 0 saturated heterocycles. The summed E-state index contributed by atoms with van der Waals surface area (Å²) in [4.78, 5) is 10.1. The molecule has 0 saturated carbocycles. The van der Waals surface area contributed by atoms with Crippen LogP contribution in [0.1, 0.15) is 6.92 Å². The highest BCUT2D eigenvalue weighted by Gasteiger charge is 2.02. The number of primary amides is 1. The van der Waals surface area contributed by atoms with Crippen LogP contribution in [0.3, 0.4) is 0 Å². The van der Waals surface area contributed by atoms with E-state index in [1.807, 2.05) is 22.9 Å². The van der Waals surface area contributed by atoms with Gasteiger partial charge in [0.1, 0.15) is 0 Å². The third-order valence-corrected chi connectivity index (χ3v) is 1.52. The first kappa shape index (κ1) is 7.16. The van der Waals surface area contributed by atoms with Gasteiger partial charge in [-0.2, -0.15) is 0 Å². The molecule has 0 heterocycles. The second-order valence-electron chi connectivity index (χ2n) is 1.23. The molecule has 1 atom stereocenters. The lowest BCUT2D eigenvalue weighted by Crippen LogP contribution is -2.33. The van der Waals surface area contributed by atoms with E-state index in [1.165, 1.54) is 0 Å². The Kier molecular flexibility index (Phi) is 3.27. The average molecular weight is 214 g/mol. The first-order chi connectivity index (χ1) is 3.18. The van der Waals surface area contributed by atoms with Crippen LogP contribution in [0.2, 0.25) is 0 Å². The molecule has 3 nitrogen and oxygen atoms in total. The number of nitrogens with one attached hydrogen (secondary N) is 1. The maximum atomic E-state index is 10.1. The smallest absolute Gasteiger partial charge is 0.235 e. The molecule has 3 N–H and O–H groups in total. The van der Waals surface area contributed by atoms with Crippen LogP contribution < -0.4 is 9.26 Å². The number of hydrogen-bond acceptors (Lipinski definition) is 2. The van der Waals surface area contributed by atoms with Gasteiger partial charge >= 0.3 is 0 Å². The zero-order valence-electron chi connectivity index (χ0n) is 3.94. The van der Waals surface area contributed by atoms with Crippen LogP contribution in [-0.4, -0.2) is 11.9 Å². The van der Waals surface area contributed by atoms with E-state index in [0.717, 1.165) is 0 Å². The molecule has 42 valence electrons. The van der Waals surface area contributed by atoms with Gasteiger partial charge < -0.3 is 5.73 Å². The number of carbonyl (C=O) groups excluding carboxylic acids is 1. The Labute approximate surface area is 56.1 Å². The molecule has 0 aliphatic heterocycles. The fraction of sp³-hybridized carbons (Fsp3) is 0.667. The van der Waals surface area contributed by atoms with Gasteiger partial charge in [0.15, 0.2) is 0 Å². The van der Waals surface area contributed by atoms with E-state index in [9.17, 15) is 4.79 Å². The monoisotopic (exact) mass is 214 g/mol. The van der Waals surface area contributed by atoms with Crippen molar-refractivity contribution >= 4 is 28.8 Å². The van der Waals surface area contributed by atoms with E-state index in [4.69, 9.17) is 5.73 Å². The topological polar surface area (TPSA) is 55.1 Å². The van der Waals surface area contributed by atoms with Crippen molar-refractivity contribution in [2.45, 2.75) is 13.0 Å². The Morgan fingerprint density at radius 1 is 2.00 bits per heavy atom. The molecule has 7 heavy (non-hydrogen) atoms. The van der Waals surface area contributed by atoms with Crippen molar-refractivity contribution in [3.05, 3.63) is 0 Å². The second kappa shape index (κ2) is 3.20. The van der Waals surface area contributed by atoms with Crippen LogP contribution in [0, 0.1) is 0 Å². The number of hydrogen-bond donors (Lipinski definition) is 2. The van der Waals surface area contributed by atoms with Crippen LogP contribution >= 0.6 is 22.9 Å². The van der Waals surface area contributed by atoms with E-state index < -0.39 is 0 Å². The standard InChI is InChI=1S/C3H7IN2O/c1-2(6-4)3(5)7/h2,6H,1H3,(H2,5,7). The van der Waals surface area contributed by atoms with Crippen molar-refractivity contribution in [1.29, 1.82) is 0 Å². The fourth-order valence-electron chi connectivity index (χ4n) is 0.0538. The largest absolute Gasteiger partial charge is 0.368 e. The molecule has 0 fully saturated rings. The highest BCUT2D eigenvalue weighted by Crippen LogP contribution is 1.80. The number of amides is 1. The zero-order chi connectivity index (χ0) is 5.86. The highest BCUT2D eigenvalue weighted by molar-refractivity contribution is 14.1. The first-order valence-electron chi connectivity index (χ1n) is 1.84. The van der Waals surface area contributed by atoms with E-state index >= 15 is 0 Å². The lowest BCUT2D eigenvalue weighted by Gasteiger charge is -1.99. The van der Waals surface area contributed by atoms with Gasteiger partial charge in [0.05, 0.1) is 6.04 Å². The van der Waals surface area contributed by atoms with Crippen molar-refractivity contribution in [1.82, 2.24) is 3.53 Å². The van der Waals surface area contributed by atoms with Crippen LogP contribution in [-0.2, 0) is 4.79 Å². The summed E-state index contributed by atoms with van der Waals surface area (Å²) in [6.07, 6.45) is 0. The molecule has 0 rings (SSSR count). The number of carbonyl (C=O) groups is 1. The number of nitrogens with two attached hydrogens (primary N) is 1. The summed E-state index contributed by atoms with van der Waals surface area (Å²) in [6, 6.07) is -0.222. The van der Waals surface area contributed by atoms with Crippen molar-refractivity contribution in [2.75, 3.05) is 0 Å². The molecule has 0 aromatic carbocycles. The first-order valence-corrected chi connectivity index (χ1v) is 2.92. The van der Waals surface area contributed by atoms with Gasteiger partial charge in [0, 0.05) is 22.9 Å². The zero-order valence-corrected chi connectivity index (χ0v) is 6.10. The molecule has 0 aromatic rings. The van der Waals surface area contributed by atoms with Crippen molar-refractivity contribution in [3.63, 3.8) is 0 Å². The van der Waals surface area contributed by atoms with E-state index in [1.54, 1.807) is 6.92 Å². The third kappa shape index (κ3) is 2.81. The minimum Gasteiger partial charge on any atom is -0.368 e. The Bertz CT molecular complexity index is 75.3. The van der Waals surface area contributed by atoms with Gasteiger partial charge in [-0.05, 0) is 6.92 Å². The molecule has 1 unspecified atom stereocenters. The van der Waals surface area contributed by atoms with Gasteiger partial charge in [-0.15, -0.1) is 0 Å². The molecule has 1 amide bonds. The lowest BCUT2D eigenvalue weighted by molar-refractivity contribution is -0.119. The molecule has 0 spiro atoms. The minimum atomic E-state index is -0.325. The predicted octanol–water partition coefficient (Wildman–Crippen LogP) is -0.200. The van der Waals surface area contributed by atoms with Crippen LogP contribution in [0.25, 0.3) is 0 Å². The maximum absolute atomic E-state index is 10.1. The Balaban J connectivity index is 3.34. The molecule has 0 aliphatic carbocycles. The fourth-order valence-corrected chi connectivity index (χ4v) is 0.361. The van der Waals surface area contributed by atoms with Gasteiger partial charge in [-0.1, -0.05) is 0 Å². The molecule has 0 bridgehead atoms. The Morgan fingerprint density at radius 3 is 2.43 bits per heavy atom. The SMILES string of the molecule is CC(NI)C(N)=O. The van der Waals surface area contributed by atoms with Gasteiger partial charge in [0.2, 0.25) is 5.91 Å². The third-order valence-electron chi connectivity index (χ3n) is 0.590. The second-order valence-corrected chi connectivity index (χ2v) is 1.86. The number of halogens is 1. The molecular formula is C3H7IN2O. The van der Waals surface area contributed by atoms with Crippen molar-refractivity contribution < 1.29 is 4.79 Å². The molecular weight excluding hydrogens is 207 g/mol. The van der Waals surface area contributed by atoms with Crippen LogP contribution in [0.5, 0.6) is 0 Å². The van der Waals surface area contributed by atoms with E-state index in [0.29, 0.717) is 0 Å². The quantitative estimate of drug-likeness (QED) is 0.494. The molecule has 0 radical (unpaired) electrons. The minimum absolute atomic E-state index is 0.222. The van der Waals surface area contributed by atoms with E-state index in [-0.39, 0.29) is 11.9 Å². The maximum Gasteiger partial charge on any atom is 0.235 e. The molecule has 0 aromatic heterocycles. The van der Waals surface area contributed by atoms with Crippen LogP contribution in [0.4, 0.5) is 0 Å². The summed E-state index contributed by atoms with van der Waals surface area (Å²) in [7, 11) is 0. The summed E-state index contributed by atoms with van der Waals surface area (Å²) in [6.45, 7) is 1.70. The Morgan fingerprint density at radius 2 is 2.43 bits per heavy atom. The summed E-state index contributed by atoms with van der Waals surface area (Å²) >= 11 is 1.88. The average Bonchev–Trinajstić information content (AvgIpc) is 1.65. The summed E-state index contributed by atoms with van der Waals surface area (Å²) in [5.74, 6) is -0.325. The van der Waals surface area contributed by atoms with Gasteiger partial charge in [0.25, 0.3) is 0 Å².